The molecule has 20 heavy (non-hydrogen) atoms. The highest BCUT2D eigenvalue weighted by atomic mass is 15.1. The highest BCUT2D eigenvalue weighted by Gasteiger charge is 2.21. The summed E-state index contributed by atoms with van der Waals surface area (Å²) < 4.78 is 0. The van der Waals surface area contributed by atoms with Gasteiger partial charge in [0.15, 0.2) is 0 Å². The summed E-state index contributed by atoms with van der Waals surface area (Å²) >= 11 is 0. The first-order valence-electron chi connectivity index (χ1n) is 9.16. The van der Waals surface area contributed by atoms with Crippen molar-refractivity contribution in [3.8, 4) is 0 Å². The van der Waals surface area contributed by atoms with Gasteiger partial charge < -0.3 is 10.2 Å². The fourth-order valence-corrected chi connectivity index (χ4v) is 3.44. The second kappa shape index (κ2) is 10.6. The third-order valence-electron chi connectivity index (χ3n) is 5.08. The number of nitrogens with zero attached hydrogens (tertiary/aromatic N) is 1. The first-order valence-corrected chi connectivity index (χ1v) is 9.16. The molecule has 0 amide bonds. The van der Waals surface area contributed by atoms with Crippen LogP contribution in [0.5, 0.6) is 0 Å². The lowest BCUT2D eigenvalue weighted by atomic mass is 9.96. The van der Waals surface area contributed by atoms with Gasteiger partial charge in [-0.25, -0.2) is 0 Å². The number of hydrogen-bond acceptors (Lipinski definition) is 2. The van der Waals surface area contributed by atoms with Crippen molar-refractivity contribution < 1.29 is 0 Å². The van der Waals surface area contributed by atoms with E-state index in [0.29, 0.717) is 6.04 Å². The van der Waals surface area contributed by atoms with E-state index in [1.54, 1.807) is 0 Å². The zero-order valence-electron chi connectivity index (χ0n) is 14.5. The molecule has 0 bridgehead atoms. The minimum Gasteiger partial charge on any atom is -0.312 e. The van der Waals surface area contributed by atoms with Crippen LogP contribution in [0.15, 0.2) is 0 Å². The van der Waals surface area contributed by atoms with E-state index in [1.165, 1.54) is 71.1 Å². The maximum absolute atomic E-state index is 3.78. The monoisotopic (exact) mass is 282 g/mol. The quantitative estimate of drug-likeness (QED) is 0.678. The first-order chi connectivity index (χ1) is 9.71. The van der Waals surface area contributed by atoms with Crippen molar-refractivity contribution in [1.29, 1.82) is 0 Å². The molecule has 0 aliphatic carbocycles. The third kappa shape index (κ3) is 6.58. The maximum Gasteiger partial charge on any atom is 0.0220 e. The zero-order chi connectivity index (χ0) is 14.8. The maximum atomic E-state index is 3.78. The Kier molecular flexibility index (Phi) is 9.54. The Balaban J connectivity index is 2.42. The van der Waals surface area contributed by atoms with Gasteiger partial charge in [0.25, 0.3) is 0 Å². The Labute approximate surface area is 127 Å². The van der Waals surface area contributed by atoms with E-state index in [1.807, 2.05) is 0 Å². The third-order valence-corrected chi connectivity index (χ3v) is 5.08. The van der Waals surface area contributed by atoms with Gasteiger partial charge in [-0.2, -0.15) is 0 Å². The molecule has 2 heteroatoms. The second-order valence-electron chi connectivity index (χ2n) is 6.83. The van der Waals surface area contributed by atoms with Gasteiger partial charge >= 0.3 is 0 Å². The van der Waals surface area contributed by atoms with Crippen molar-refractivity contribution in [3.63, 3.8) is 0 Å². The average Bonchev–Trinajstić information content (AvgIpc) is 2.68. The van der Waals surface area contributed by atoms with Gasteiger partial charge in [0.2, 0.25) is 0 Å². The van der Waals surface area contributed by atoms with Crippen molar-refractivity contribution in [2.45, 2.75) is 78.7 Å². The lowest BCUT2D eigenvalue weighted by Gasteiger charge is -2.30. The normalized spacial score (nSPS) is 24.3. The summed E-state index contributed by atoms with van der Waals surface area (Å²) in [6.07, 6.45) is 9.62. The van der Waals surface area contributed by atoms with Crippen LogP contribution in [0.25, 0.3) is 0 Å². The van der Waals surface area contributed by atoms with E-state index in [-0.39, 0.29) is 0 Å². The van der Waals surface area contributed by atoms with Gasteiger partial charge in [0.05, 0.1) is 0 Å². The van der Waals surface area contributed by atoms with Gasteiger partial charge in [-0.15, -0.1) is 0 Å². The van der Waals surface area contributed by atoms with E-state index < -0.39 is 0 Å². The van der Waals surface area contributed by atoms with Crippen LogP contribution >= 0.6 is 0 Å². The molecule has 1 N–H and O–H groups in total. The summed E-state index contributed by atoms with van der Waals surface area (Å²) in [5, 5.41) is 3.78. The van der Waals surface area contributed by atoms with Crippen LogP contribution in [-0.4, -0.2) is 37.1 Å². The molecule has 0 saturated carbocycles. The molecule has 3 atom stereocenters. The molecule has 0 aromatic heterocycles. The molecule has 1 aliphatic rings. The predicted molar refractivity (Wildman–Crippen MR) is 90.2 cm³/mol. The van der Waals surface area contributed by atoms with Gasteiger partial charge in [-0.1, -0.05) is 47.0 Å². The molecule has 1 heterocycles. The fourth-order valence-electron chi connectivity index (χ4n) is 3.44. The van der Waals surface area contributed by atoms with E-state index in [0.717, 1.165) is 11.8 Å². The number of likely N-dealkylation sites (tertiary alicyclic amines) is 1. The van der Waals surface area contributed by atoms with E-state index in [2.05, 4.69) is 37.9 Å². The minimum atomic E-state index is 0.683. The van der Waals surface area contributed by atoms with Crippen molar-refractivity contribution in [2.75, 3.05) is 26.2 Å². The molecule has 3 unspecified atom stereocenters. The van der Waals surface area contributed by atoms with Crippen LogP contribution in [0, 0.1) is 11.8 Å². The van der Waals surface area contributed by atoms with E-state index >= 15 is 0 Å². The van der Waals surface area contributed by atoms with Crippen LogP contribution in [-0.2, 0) is 0 Å². The summed E-state index contributed by atoms with van der Waals surface area (Å²) in [7, 11) is 0. The van der Waals surface area contributed by atoms with Crippen LogP contribution in [0.4, 0.5) is 0 Å². The Bertz CT molecular complexity index is 229. The van der Waals surface area contributed by atoms with Gasteiger partial charge in [0.1, 0.15) is 0 Å². The summed E-state index contributed by atoms with van der Waals surface area (Å²) in [6.45, 7) is 14.4. The number of hydrogen-bond donors (Lipinski definition) is 1. The number of nitrogens with one attached hydrogen (secondary N) is 1. The molecule has 1 rings (SSSR count). The largest absolute Gasteiger partial charge is 0.312 e. The topological polar surface area (TPSA) is 15.3 Å². The Morgan fingerprint density at radius 1 is 1.10 bits per heavy atom. The second-order valence-corrected chi connectivity index (χ2v) is 6.83. The average molecular weight is 283 g/mol. The van der Waals surface area contributed by atoms with Crippen LogP contribution in [0.1, 0.15) is 72.6 Å². The van der Waals surface area contributed by atoms with E-state index in [4.69, 9.17) is 0 Å². The zero-order valence-corrected chi connectivity index (χ0v) is 14.5. The Morgan fingerprint density at radius 2 is 1.90 bits per heavy atom. The SMILES string of the molecule is CCCNC(CN1CCCC(CCC)CC1)C(C)CC. The lowest BCUT2D eigenvalue weighted by Crippen LogP contribution is -2.45. The van der Waals surface area contributed by atoms with Crippen molar-refractivity contribution >= 4 is 0 Å². The molecule has 1 saturated heterocycles. The van der Waals surface area contributed by atoms with Gasteiger partial charge in [0, 0.05) is 12.6 Å². The molecule has 0 spiro atoms. The van der Waals surface area contributed by atoms with E-state index in [9.17, 15) is 0 Å². The molecule has 0 aromatic rings. The minimum absolute atomic E-state index is 0.683. The van der Waals surface area contributed by atoms with Gasteiger partial charge in [-0.3, -0.25) is 0 Å². The molecular weight excluding hydrogens is 244 g/mol. The Hall–Kier alpha value is -0.0800. The van der Waals surface area contributed by atoms with Crippen molar-refractivity contribution in [1.82, 2.24) is 10.2 Å². The fraction of sp³-hybridized carbons (Fsp3) is 1.00. The van der Waals surface area contributed by atoms with Crippen LogP contribution in [0.3, 0.4) is 0 Å². The van der Waals surface area contributed by atoms with Crippen LogP contribution < -0.4 is 5.32 Å². The van der Waals surface area contributed by atoms with Crippen LogP contribution in [0.2, 0.25) is 0 Å². The molecule has 2 nitrogen and oxygen atoms in total. The summed E-state index contributed by atoms with van der Waals surface area (Å²) in [5.74, 6) is 1.78. The lowest BCUT2D eigenvalue weighted by molar-refractivity contribution is 0.214. The highest BCUT2D eigenvalue weighted by molar-refractivity contribution is 4.79. The molecule has 120 valence electrons. The summed E-state index contributed by atoms with van der Waals surface area (Å²) in [4.78, 5) is 2.73. The predicted octanol–water partition coefficient (Wildman–Crippen LogP) is 4.30. The standard InChI is InChI=1S/C18H38N2/c1-5-9-17-10-8-13-20(14-11-17)15-18(16(4)7-3)19-12-6-2/h16-19H,5-15H2,1-4H3. The van der Waals surface area contributed by atoms with Gasteiger partial charge in [-0.05, 0) is 57.2 Å². The summed E-state index contributed by atoms with van der Waals surface area (Å²) in [5.41, 5.74) is 0. The first kappa shape index (κ1) is 18.0. The molecule has 1 fully saturated rings. The molecule has 0 radical (unpaired) electrons. The molecule has 1 aliphatic heterocycles. The highest BCUT2D eigenvalue weighted by Crippen LogP contribution is 2.22. The Morgan fingerprint density at radius 3 is 2.55 bits per heavy atom. The molecule has 0 aromatic carbocycles. The summed E-state index contributed by atoms with van der Waals surface area (Å²) in [6, 6.07) is 0.683. The number of rotatable bonds is 9. The smallest absolute Gasteiger partial charge is 0.0220 e. The van der Waals surface area contributed by atoms with Crippen molar-refractivity contribution in [2.24, 2.45) is 11.8 Å². The molecular formula is C18H38N2. The van der Waals surface area contributed by atoms with Crippen molar-refractivity contribution in [3.05, 3.63) is 0 Å².